The molecule has 0 aliphatic heterocycles. The van der Waals surface area contributed by atoms with Gasteiger partial charge < -0.3 is 10.6 Å². The van der Waals surface area contributed by atoms with E-state index in [1.165, 1.54) is 11.1 Å². The van der Waals surface area contributed by atoms with Crippen molar-refractivity contribution in [1.29, 1.82) is 0 Å². The number of carbonyl (C=O) groups is 2. The van der Waals surface area contributed by atoms with E-state index in [1.54, 1.807) is 13.1 Å². The van der Waals surface area contributed by atoms with Crippen molar-refractivity contribution in [2.45, 2.75) is 32.1 Å². The highest BCUT2D eigenvalue weighted by Crippen LogP contribution is 2.25. The molecule has 0 atom stereocenters. The molecular formula is C18H22N4O2. The number of carbonyl (C=O) groups excluding carboxylic acids is 2. The highest BCUT2D eigenvalue weighted by Gasteiger charge is 2.22. The second-order valence-electron chi connectivity index (χ2n) is 6.18. The minimum atomic E-state index is -0.296. The maximum Gasteiger partial charge on any atom is 0.276 e. The number of aryl methyl sites for hydroxylation is 1. The molecule has 1 saturated carbocycles. The van der Waals surface area contributed by atoms with Gasteiger partial charge in [0.05, 0.1) is 0 Å². The predicted molar refractivity (Wildman–Crippen MR) is 92.8 cm³/mol. The minimum Gasteiger partial charge on any atom is -0.321 e. The molecule has 0 unspecified atom stereocenters. The first-order valence-corrected chi connectivity index (χ1v) is 8.35. The molecule has 6 nitrogen and oxygen atoms in total. The maximum atomic E-state index is 12.3. The van der Waals surface area contributed by atoms with Crippen LogP contribution < -0.4 is 10.6 Å². The number of benzene rings is 1. The highest BCUT2D eigenvalue weighted by atomic mass is 16.2. The van der Waals surface area contributed by atoms with Gasteiger partial charge in [-0.2, -0.15) is 5.10 Å². The molecule has 24 heavy (non-hydrogen) atoms. The molecule has 3 rings (SSSR count). The van der Waals surface area contributed by atoms with Crippen molar-refractivity contribution in [2.75, 3.05) is 10.6 Å². The summed E-state index contributed by atoms with van der Waals surface area (Å²) >= 11 is 0. The van der Waals surface area contributed by atoms with Crippen molar-refractivity contribution >= 4 is 23.3 Å². The maximum absolute atomic E-state index is 12.3. The van der Waals surface area contributed by atoms with Crippen molar-refractivity contribution in [3.8, 4) is 0 Å². The van der Waals surface area contributed by atoms with Gasteiger partial charge >= 0.3 is 0 Å². The molecule has 1 heterocycles. The number of hydrogen-bond acceptors (Lipinski definition) is 3. The Morgan fingerprint density at radius 3 is 2.50 bits per heavy atom. The quantitative estimate of drug-likeness (QED) is 0.906. The van der Waals surface area contributed by atoms with Gasteiger partial charge in [-0.3, -0.25) is 14.3 Å². The summed E-state index contributed by atoms with van der Waals surface area (Å²) in [6, 6.07) is 10.8. The third-order valence-electron chi connectivity index (χ3n) is 4.37. The van der Waals surface area contributed by atoms with Crippen LogP contribution in [0.1, 0.15) is 42.6 Å². The van der Waals surface area contributed by atoms with E-state index in [1.807, 2.05) is 30.3 Å². The third kappa shape index (κ3) is 3.82. The number of hydrogen-bond donors (Lipinski definition) is 2. The van der Waals surface area contributed by atoms with Crippen molar-refractivity contribution in [3.05, 3.63) is 42.1 Å². The lowest BCUT2D eigenvalue weighted by Gasteiger charge is -2.20. The average molecular weight is 326 g/mol. The molecular weight excluding hydrogens is 304 g/mol. The molecule has 0 bridgehead atoms. The lowest BCUT2D eigenvalue weighted by atomic mass is 9.89. The van der Waals surface area contributed by atoms with Crippen LogP contribution in [0.2, 0.25) is 0 Å². The Bertz CT molecular complexity index is 718. The Hall–Kier alpha value is -2.63. The molecule has 2 N–H and O–H groups in total. The molecule has 126 valence electrons. The van der Waals surface area contributed by atoms with E-state index in [0.717, 1.165) is 25.7 Å². The third-order valence-corrected chi connectivity index (χ3v) is 4.37. The van der Waals surface area contributed by atoms with Crippen LogP contribution in [0, 0.1) is 5.92 Å². The first-order chi connectivity index (χ1) is 11.6. The SMILES string of the molecule is Cn1nc(C(=O)Nc2ccccc2)cc1NC(=O)C1CCCCC1. The molecule has 1 aromatic heterocycles. The molecule has 1 aromatic carbocycles. The summed E-state index contributed by atoms with van der Waals surface area (Å²) in [5.74, 6) is 0.335. The lowest BCUT2D eigenvalue weighted by molar-refractivity contribution is -0.120. The van der Waals surface area contributed by atoms with Crippen LogP contribution in [0.15, 0.2) is 36.4 Å². The van der Waals surface area contributed by atoms with Crippen LogP contribution in [0.25, 0.3) is 0 Å². The highest BCUT2D eigenvalue weighted by molar-refractivity contribution is 6.04. The molecule has 0 saturated heterocycles. The molecule has 0 spiro atoms. The van der Waals surface area contributed by atoms with Crippen molar-refractivity contribution < 1.29 is 9.59 Å². The van der Waals surface area contributed by atoms with Gasteiger partial charge in [-0.15, -0.1) is 0 Å². The monoisotopic (exact) mass is 326 g/mol. The van der Waals surface area contributed by atoms with Gasteiger partial charge in [0.15, 0.2) is 5.69 Å². The van der Waals surface area contributed by atoms with Crippen LogP contribution >= 0.6 is 0 Å². The van der Waals surface area contributed by atoms with Gasteiger partial charge in [0.1, 0.15) is 5.82 Å². The van der Waals surface area contributed by atoms with E-state index >= 15 is 0 Å². The van der Waals surface area contributed by atoms with Gasteiger partial charge in [0, 0.05) is 24.7 Å². The molecule has 2 amide bonds. The Morgan fingerprint density at radius 2 is 1.79 bits per heavy atom. The number of anilines is 2. The number of para-hydroxylation sites is 1. The van der Waals surface area contributed by atoms with Gasteiger partial charge in [0.2, 0.25) is 5.91 Å². The predicted octanol–water partition coefficient (Wildman–Crippen LogP) is 3.19. The van der Waals surface area contributed by atoms with Crippen LogP contribution in [0.3, 0.4) is 0 Å². The second kappa shape index (κ2) is 7.29. The fourth-order valence-electron chi connectivity index (χ4n) is 3.00. The molecule has 0 radical (unpaired) electrons. The minimum absolute atomic E-state index is 0.0210. The van der Waals surface area contributed by atoms with E-state index in [4.69, 9.17) is 0 Å². The van der Waals surface area contributed by atoms with E-state index in [2.05, 4.69) is 15.7 Å². The zero-order valence-corrected chi connectivity index (χ0v) is 13.8. The topological polar surface area (TPSA) is 76.0 Å². The summed E-state index contributed by atoms with van der Waals surface area (Å²) in [4.78, 5) is 24.6. The van der Waals surface area contributed by atoms with Crippen molar-refractivity contribution in [1.82, 2.24) is 9.78 Å². The van der Waals surface area contributed by atoms with Gasteiger partial charge in [-0.1, -0.05) is 37.5 Å². The average Bonchev–Trinajstić information content (AvgIpc) is 2.97. The van der Waals surface area contributed by atoms with Gasteiger partial charge in [0.25, 0.3) is 5.91 Å². The first-order valence-electron chi connectivity index (χ1n) is 8.35. The Kier molecular flexibility index (Phi) is 4.93. The van der Waals surface area contributed by atoms with E-state index < -0.39 is 0 Å². The summed E-state index contributed by atoms with van der Waals surface area (Å²) in [5.41, 5.74) is 0.987. The molecule has 1 fully saturated rings. The number of nitrogens with one attached hydrogen (secondary N) is 2. The molecule has 1 aliphatic carbocycles. The summed E-state index contributed by atoms with van der Waals surface area (Å²) in [5, 5.41) is 9.88. The van der Waals surface area contributed by atoms with Crippen LogP contribution in [-0.4, -0.2) is 21.6 Å². The standard InChI is InChI=1S/C18H22N4O2/c1-22-16(20-17(23)13-8-4-2-5-9-13)12-15(21-22)18(24)19-14-10-6-3-7-11-14/h3,6-7,10-13H,2,4-5,8-9H2,1H3,(H,19,24)(H,20,23). The Labute approximate surface area is 141 Å². The van der Waals surface area contributed by atoms with E-state index in [0.29, 0.717) is 11.5 Å². The zero-order chi connectivity index (χ0) is 16.9. The number of aromatic nitrogens is 2. The smallest absolute Gasteiger partial charge is 0.276 e. The second-order valence-corrected chi connectivity index (χ2v) is 6.18. The van der Waals surface area contributed by atoms with Gasteiger partial charge in [-0.25, -0.2) is 0 Å². The molecule has 1 aliphatic rings. The summed E-state index contributed by atoms with van der Waals surface area (Å²) in [6.45, 7) is 0. The fourth-order valence-corrected chi connectivity index (χ4v) is 3.00. The normalized spacial score (nSPS) is 15.0. The van der Waals surface area contributed by atoms with Crippen molar-refractivity contribution in [2.24, 2.45) is 13.0 Å². The zero-order valence-electron chi connectivity index (χ0n) is 13.8. The van der Waals surface area contributed by atoms with Crippen LogP contribution in [0.4, 0.5) is 11.5 Å². The van der Waals surface area contributed by atoms with Crippen molar-refractivity contribution in [3.63, 3.8) is 0 Å². The number of nitrogens with zero attached hydrogens (tertiary/aromatic N) is 2. The summed E-state index contributed by atoms with van der Waals surface area (Å²) in [6.07, 6.45) is 5.29. The van der Waals surface area contributed by atoms with Gasteiger partial charge in [-0.05, 0) is 25.0 Å². The van der Waals surface area contributed by atoms with Crippen LogP contribution in [0.5, 0.6) is 0 Å². The first kappa shape index (κ1) is 16.2. The lowest BCUT2D eigenvalue weighted by Crippen LogP contribution is -2.25. The number of amides is 2. The number of rotatable bonds is 4. The largest absolute Gasteiger partial charge is 0.321 e. The van der Waals surface area contributed by atoms with E-state index in [-0.39, 0.29) is 23.4 Å². The molecule has 6 heteroatoms. The van der Waals surface area contributed by atoms with Crippen LogP contribution in [-0.2, 0) is 11.8 Å². The Balaban J connectivity index is 1.66. The fraction of sp³-hybridized carbons (Fsp3) is 0.389. The summed E-state index contributed by atoms with van der Waals surface area (Å²) < 4.78 is 1.53. The Morgan fingerprint density at radius 1 is 1.08 bits per heavy atom. The summed E-state index contributed by atoms with van der Waals surface area (Å²) in [7, 11) is 1.72. The molecule has 2 aromatic rings. The van der Waals surface area contributed by atoms with E-state index in [9.17, 15) is 9.59 Å².